The van der Waals surface area contributed by atoms with Crippen LogP contribution in [0.4, 0.5) is 21.9 Å². The van der Waals surface area contributed by atoms with Crippen molar-refractivity contribution in [2.24, 2.45) is 11.3 Å². The average Bonchev–Trinajstić information content (AvgIpc) is 1.47. The number of aliphatic carboxylic acids is 2. The molecule has 0 aromatic heterocycles. The normalized spacial score (nSPS) is 17.9. The zero-order chi connectivity index (χ0) is 66.1. The predicted octanol–water partition coefficient (Wildman–Crippen LogP) is 6.81. The topological polar surface area (TPSA) is 332 Å². The molecule has 1 aliphatic rings. The van der Waals surface area contributed by atoms with Crippen LogP contribution in [0.2, 0.25) is 0 Å². The Morgan fingerprint density at radius 2 is 1.46 bits per heavy atom. The molecule has 6 unspecified atom stereocenters. The monoisotopic (exact) mass is 1230 g/mol. The first-order valence-electron chi connectivity index (χ1n) is 29.4. The van der Waals surface area contributed by atoms with Crippen molar-refractivity contribution in [3.8, 4) is 5.75 Å². The number of aryl methyl sites for hydroxylation is 1. The summed E-state index contributed by atoms with van der Waals surface area (Å²) in [6, 6.07) is 23.6. The highest BCUT2D eigenvalue weighted by Crippen LogP contribution is 2.34. The Kier molecular flexibility index (Phi) is 25.7. The number of nitrogens with zero attached hydrogens (tertiary/aromatic N) is 2. The maximum Gasteiger partial charge on any atom is 0.411 e. The molecule has 4 aromatic carbocycles. The van der Waals surface area contributed by atoms with Gasteiger partial charge in [0, 0.05) is 55.2 Å². The summed E-state index contributed by atoms with van der Waals surface area (Å²) in [5.74, 6) is -5.10. The van der Waals surface area contributed by atoms with Crippen molar-refractivity contribution in [1.82, 2.24) is 20.9 Å². The summed E-state index contributed by atoms with van der Waals surface area (Å²) < 4.78 is 16.7. The van der Waals surface area contributed by atoms with Crippen LogP contribution in [-0.2, 0) is 61.6 Å². The van der Waals surface area contributed by atoms with Crippen LogP contribution in [0, 0.1) is 18.3 Å². The van der Waals surface area contributed by atoms with Gasteiger partial charge < -0.3 is 70.8 Å². The van der Waals surface area contributed by atoms with E-state index in [4.69, 9.17) is 14.2 Å². The molecule has 1 heterocycles. The van der Waals surface area contributed by atoms with Gasteiger partial charge in [0.25, 0.3) is 0 Å². The molecular weight excluding hydrogens is 1150 g/mol. The number of likely N-dealkylation sites (N-methyl/N-ethyl adjacent to an activating group) is 2. The Labute approximate surface area is 519 Å². The summed E-state index contributed by atoms with van der Waals surface area (Å²) in [4.78, 5) is 109. The number of hydrogen-bond donors (Lipinski definition) is 10. The fraction of sp³-hybridized carbons (Fsp3) is 0.455. The highest BCUT2D eigenvalue weighted by molar-refractivity contribution is 5.95. The zero-order valence-electron chi connectivity index (χ0n) is 52.5. The van der Waals surface area contributed by atoms with Crippen molar-refractivity contribution in [2.45, 2.75) is 162 Å². The van der Waals surface area contributed by atoms with Crippen molar-refractivity contribution >= 4 is 70.7 Å². The van der Waals surface area contributed by atoms with Crippen LogP contribution in [0.15, 0.2) is 109 Å². The van der Waals surface area contributed by atoms with Gasteiger partial charge in [-0.2, -0.15) is 0 Å². The lowest BCUT2D eigenvalue weighted by molar-refractivity contribution is -0.271. The first-order chi connectivity index (χ1) is 41.9. The number of carbonyl (C=O) groups is 8. The SMILES string of the molecule is C=Cc1ccccc1CN(C(=O)CCCCC(=O)NCCC(=O)Nc1cc(COC(=O)Nc2cccc(C(C)(C)C(NC)C(=O)N[C@H](C(=O)N(C)[C@H](/C=C(\C)C(=O)O)C(C)C)C(C)(C)C)c2)ccc1OC1OC(C(=O)O)C(O)C(O)C1O)c1ccccc1C. The Morgan fingerprint density at radius 1 is 0.787 bits per heavy atom. The van der Waals surface area contributed by atoms with Gasteiger partial charge in [-0.05, 0) is 103 Å². The molecule has 482 valence electrons. The van der Waals surface area contributed by atoms with Gasteiger partial charge in [-0.15, -0.1) is 0 Å². The number of benzene rings is 4. The lowest BCUT2D eigenvalue weighted by Crippen LogP contribution is -2.61. The van der Waals surface area contributed by atoms with Gasteiger partial charge in [-0.3, -0.25) is 29.3 Å². The second kappa shape index (κ2) is 32.1. The quantitative estimate of drug-likeness (QED) is 0.0197. The van der Waals surface area contributed by atoms with Gasteiger partial charge in [0.1, 0.15) is 36.7 Å². The molecule has 0 radical (unpaired) electrons. The maximum atomic E-state index is 14.3. The Balaban J connectivity index is 1.23. The largest absolute Gasteiger partial charge is 0.479 e. The molecule has 0 bridgehead atoms. The molecule has 89 heavy (non-hydrogen) atoms. The Morgan fingerprint density at radius 3 is 2.10 bits per heavy atom. The van der Waals surface area contributed by atoms with Crippen molar-refractivity contribution in [3.63, 3.8) is 0 Å². The number of carbonyl (C=O) groups excluding carboxylic acids is 6. The zero-order valence-corrected chi connectivity index (χ0v) is 52.5. The number of hydrogen-bond acceptors (Lipinski definition) is 15. The highest BCUT2D eigenvalue weighted by atomic mass is 16.7. The molecule has 0 saturated carbocycles. The maximum absolute atomic E-state index is 14.3. The van der Waals surface area contributed by atoms with Gasteiger partial charge in [-0.25, -0.2) is 14.4 Å². The number of carboxylic acids is 2. The van der Waals surface area contributed by atoms with E-state index in [1.165, 1.54) is 36.1 Å². The molecule has 10 N–H and O–H groups in total. The number of aliphatic hydroxyl groups is 3. The Bertz CT molecular complexity index is 3210. The predicted molar refractivity (Wildman–Crippen MR) is 335 cm³/mol. The van der Waals surface area contributed by atoms with E-state index in [-0.39, 0.29) is 67.2 Å². The molecule has 1 aliphatic heterocycles. The molecule has 4 aromatic rings. The van der Waals surface area contributed by atoms with Crippen molar-refractivity contribution in [3.05, 3.63) is 137 Å². The van der Waals surface area contributed by atoms with Gasteiger partial charge in [0.2, 0.25) is 35.8 Å². The van der Waals surface area contributed by atoms with Gasteiger partial charge in [-0.1, -0.05) is 128 Å². The van der Waals surface area contributed by atoms with Crippen molar-refractivity contribution in [1.29, 1.82) is 0 Å². The minimum atomic E-state index is -2.01. The average molecular weight is 1230 g/mol. The first kappa shape index (κ1) is 71.3. The van der Waals surface area contributed by atoms with Crippen LogP contribution >= 0.6 is 0 Å². The van der Waals surface area contributed by atoms with Crippen molar-refractivity contribution in [2.75, 3.05) is 36.2 Å². The van der Waals surface area contributed by atoms with E-state index < -0.39 is 95.4 Å². The third kappa shape index (κ3) is 19.5. The molecule has 23 nitrogen and oxygen atoms in total. The van der Waals surface area contributed by atoms with Crippen LogP contribution < -0.4 is 36.2 Å². The number of ether oxygens (including phenoxy) is 3. The lowest BCUT2D eigenvalue weighted by Gasteiger charge is -2.40. The Hall–Kier alpha value is -8.48. The molecular formula is C66H87N7O16. The fourth-order valence-electron chi connectivity index (χ4n) is 10.3. The third-order valence-electron chi connectivity index (χ3n) is 15.5. The number of amides is 6. The minimum Gasteiger partial charge on any atom is -0.479 e. The summed E-state index contributed by atoms with van der Waals surface area (Å²) in [5, 5.41) is 64.8. The molecule has 23 heteroatoms. The molecule has 0 aliphatic carbocycles. The molecule has 0 spiro atoms. The van der Waals surface area contributed by atoms with E-state index in [2.05, 4.69) is 33.2 Å². The molecule has 1 saturated heterocycles. The number of carboxylic acid groups (broad SMARTS) is 2. The van der Waals surface area contributed by atoms with Crippen molar-refractivity contribution < 1.29 is 78.1 Å². The standard InChI is InChI=1S/C66H87N7O16/c1-13-42-22-15-16-23-43(42)36-73(47-26-17-14-21-39(47)4)52(76)28-19-18-27-50(74)68-32-31-51(75)70-46-34-41(29-30-49(46)88-63-55(79)53(77)54(78)56(89-63)62(84)85)37-87-64(86)69-45-25-20-24-44(35-45)66(9,10)57(67-11)59(80)71-58(65(6,7)8)60(81)72(12)48(38(2)3)33-40(5)61(82)83/h13-17,20-26,29-30,33-35,38,48,53-58,63,67,77-79H,1,18-19,27-28,31-32,36-37H2,2-12H3,(H,68,74)(H,69,86)(H,70,75)(H,71,80)(H,82,83)(H,84,85)/b40-33+/t48-,53?,54?,55?,56?,57?,58-,63?/m1/s1. The third-order valence-corrected chi connectivity index (χ3v) is 15.5. The summed E-state index contributed by atoms with van der Waals surface area (Å²) in [5.41, 5.74) is 3.01. The van der Waals surface area contributed by atoms with Gasteiger partial charge in [0.05, 0.1) is 24.3 Å². The molecule has 8 atom stereocenters. The van der Waals surface area contributed by atoms with E-state index in [0.29, 0.717) is 36.2 Å². The minimum absolute atomic E-state index is 0.0745. The summed E-state index contributed by atoms with van der Waals surface area (Å²) in [7, 11) is 3.19. The van der Waals surface area contributed by atoms with Crippen LogP contribution in [0.5, 0.6) is 5.75 Å². The smallest absolute Gasteiger partial charge is 0.411 e. The van der Waals surface area contributed by atoms with Crippen LogP contribution in [0.3, 0.4) is 0 Å². The van der Waals surface area contributed by atoms with E-state index in [9.17, 15) is 63.9 Å². The number of anilines is 3. The molecule has 5 rings (SSSR count). The molecule has 1 fully saturated rings. The van der Waals surface area contributed by atoms with E-state index >= 15 is 0 Å². The first-order valence-corrected chi connectivity index (χ1v) is 29.4. The van der Waals surface area contributed by atoms with Crippen LogP contribution in [0.25, 0.3) is 6.08 Å². The summed E-state index contributed by atoms with van der Waals surface area (Å²) in [6.07, 6.45) is -6.64. The molecule has 6 amide bonds. The number of rotatable bonds is 29. The lowest BCUT2D eigenvalue weighted by atomic mass is 9.76. The summed E-state index contributed by atoms with van der Waals surface area (Å²) in [6.45, 7) is 20.0. The second-order valence-electron chi connectivity index (χ2n) is 24.1. The fourth-order valence-corrected chi connectivity index (χ4v) is 10.3. The van der Waals surface area contributed by atoms with Gasteiger partial charge >= 0.3 is 18.0 Å². The highest BCUT2D eigenvalue weighted by Gasteiger charge is 2.48. The van der Waals surface area contributed by atoms with E-state index in [1.807, 2.05) is 104 Å². The number of aliphatic hydroxyl groups excluding tert-OH is 3. The number of para-hydroxylation sites is 1. The van der Waals surface area contributed by atoms with Crippen LogP contribution in [0.1, 0.15) is 115 Å². The number of nitrogens with one attached hydrogen (secondary N) is 5. The van der Waals surface area contributed by atoms with E-state index in [0.717, 1.165) is 22.4 Å². The van der Waals surface area contributed by atoms with Gasteiger partial charge in [0.15, 0.2) is 6.10 Å². The second-order valence-corrected chi connectivity index (χ2v) is 24.1. The summed E-state index contributed by atoms with van der Waals surface area (Å²) >= 11 is 0. The van der Waals surface area contributed by atoms with E-state index in [1.54, 1.807) is 49.3 Å². The van der Waals surface area contributed by atoms with Crippen LogP contribution in [-0.4, -0.2) is 147 Å². The number of unbranched alkanes of at least 4 members (excludes halogenated alkanes) is 1.